The number of nitrogens with one attached hydrogen (secondary N) is 1. The number of unbranched alkanes of at least 4 members (excludes halogenated alkanes) is 50. The van der Waals surface area contributed by atoms with Crippen LogP contribution < -0.4 is 10.2 Å². The molecular weight excluding hydrogens is 1060 g/mol. The summed E-state index contributed by atoms with van der Waals surface area (Å²) in [5.74, 6) is -0.192. The van der Waals surface area contributed by atoms with Gasteiger partial charge in [-0.25, -0.2) is 0 Å². The Morgan fingerprint density at radius 3 is 1.00 bits per heavy atom. The summed E-state index contributed by atoms with van der Waals surface area (Å²) in [7, 11) is 1.28. The molecule has 0 aromatic carbocycles. The Hall–Kier alpha value is -1.54. The number of amides is 1. The second kappa shape index (κ2) is 65.9. The predicted molar refractivity (Wildman–Crippen MR) is 367 cm³/mol. The minimum atomic E-state index is -4.61. The van der Waals surface area contributed by atoms with Gasteiger partial charge in [-0.15, -0.1) is 0 Å². The van der Waals surface area contributed by atoms with Crippen LogP contribution in [-0.4, -0.2) is 68.5 Å². The van der Waals surface area contributed by atoms with E-state index in [-0.39, 0.29) is 19.1 Å². The molecule has 3 atom stereocenters. The molecule has 8 nitrogen and oxygen atoms in total. The minimum Gasteiger partial charge on any atom is -0.756 e. The first kappa shape index (κ1) is 82.5. The van der Waals surface area contributed by atoms with Crippen LogP contribution in [0.3, 0.4) is 0 Å². The van der Waals surface area contributed by atoms with E-state index in [4.69, 9.17) is 9.05 Å². The number of phosphoric ester groups is 1. The van der Waals surface area contributed by atoms with E-state index in [1.54, 1.807) is 6.08 Å². The maximum atomic E-state index is 13.1. The van der Waals surface area contributed by atoms with Crippen LogP contribution in [0.15, 0.2) is 48.6 Å². The first-order valence-corrected chi connectivity index (χ1v) is 38.5. The molecule has 0 aliphatic heterocycles. The topological polar surface area (TPSA) is 108 Å². The van der Waals surface area contributed by atoms with E-state index in [9.17, 15) is 19.4 Å². The van der Waals surface area contributed by atoms with Gasteiger partial charge in [-0.2, -0.15) is 0 Å². The molecule has 9 heteroatoms. The van der Waals surface area contributed by atoms with Crippen molar-refractivity contribution in [2.45, 2.75) is 386 Å². The highest BCUT2D eigenvalue weighted by molar-refractivity contribution is 7.45. The van der Waals surface area contributed by atoms with Crippen molar-refractivity contribution in [3.8, 4) is 0 Å². The van der Waals surface area contributed by atoms with Crippen molar-refractivity contribution in [2.24, 2.45) is 0 Å². The van der Waals surface area contributed by atoms with Gasteiger partial charge in [0.15, 0.2) is 0 Å². The highest BCUT2D eigenvalue weighted by atomic mass is 31.2. The molecule has 0 spiro atoms. The van der Waals surface area contributed by atoms with Crippen LogP contribution >= 0.6 is 7.82 Å². The van der Waals surface area contributed by atoms with Crippen LogP contribution in [0.1, 0.15) is 373 Å². The van der Waals surface area contributed by atoms with E-state index >= 15 is 0 Å². The summed E-state index contributed by atoms with van der Waals surface area (Å²) >= 11 is 0. The average molecular weight is 1200 g/mol. The molecule has 0 aliphatic rings. The van der Waals surface area contributed by atoms with Gasteiger partial charge in [0.1, 0.15) is 13.2 Å². The number of allylic oxidation sites excluding steroid dienone is 7. The number of aliphatic hydroxyl groups is 1. The molecule has 0 saturated carbocycles. The largest absolute Gasteiger partial charge is 0.756 e. The van der Waals surface area contributed by atoms with Crippen LogP contribution in [0, 0.1) is 0 Å². The second-order valence-corrected chi connectivity index (χ2v) is 28.1. The molecule has 0 aromatic rings. The third kappa shape index (κ3) is 68.0. The Morgan fingerprint density at radius 1 is 0.417 bits per heavy atom. The predicted octanol–water partition coefficient (Wildman–Crippen LogP) is 23.2. The number of quaternary nitrogens is 1. The zero-order valence-electron chi connectivity index (χ0n) is 56.9. The third-order valence-corrected chi connectivity index (χ3v) is 18.0. The summed E-state index contributed by atoms with van der Waals surface area (Å²) in [6, 6.07) is -0.889. The molecule has 1 amide bonds. The summed E-state index contributed by atoms with van der Waals surface area (Å²) in [5.41, 5.74) is 0. The number of nitrogens with zero attached hydrogens (tertiary/aromatic N) is 1. The second-order valence-electron chi connectivity index (χ2n) is 26.7. The molecule has 496 valence electrons. The molecule has 0 fully saturated rings. The van der Waals surface area contributed by atoms with Gasteiger partial charge < -0.3 is 28.8 Å². The smallest absolute Gasteiger partial charge is 0.268 e. The van der Waals surface area contributed by atoms with Crippen LogP contribution in [0.4, 0.5) is 0 Å². The van der Waals surface area contributed by atoms with Crippen molar-refractivity contribution >= 4 is 13.7 Å². The monoisotopic (exact) mass is 1200 g/mol. The van der Waals surface area contributed by atoms with Crippen LogP contribution in [0.25, 0.3) is 0 Å². The number of carbonyl (C=O) groups is 1. The van der Waals surface area contributed by atoms with E-state index in [0.717, 1.165) is 51.4 Å². The SMILES string of the molecule is CCCCCCC/C=C\C/C=C\C/C=C\CCCCCCCCCCCCCCCCCCC(=O)NC(COP(=O)([O-])OCC[N+](C)(C)C)C(O)/C=C/CCCCCCCCCCCCCCCCCCCCCCCCCCCCCCC. The molecule has 84 heavy (non-hydrogen) atoms. The first-order chi connectivity index (χ1) is 41.0. The summed E-state index contributed by atoms with van der Waals surface area (Å²) in [6.07, 6.45) is 89.6. The lowest BCUT2D eigenvalue weighted by atomic mass is 10.0. The molecule has 0 saturated heterocycles. The van der Waals surface area contributed by atoms with Gasteiger partial charge in [-0.3, -0.25) is 9.36 Å². The Labute approximate surface area is 524 Å². The van der Waals surface area contributed by atoms with Gasteiger partial charge in [0.25, 0.3) is 7.82 Å². The number of phosphoric acid groups is 1. The minimum absolute atomic E-state index is 0.000171. The number of carbonyl (C=O) groups excluding carboxylic acids is 1. The fourth-order valence-corrected chi connectivity index (χ4v) is 12.0. The maximum Gasteiger partial charge on any atom is 0.268 e. The van der Waals surface area contributed by atoms with Crippen LogP contribution in [0.5, 0.6) is 0 Å². The van der Waals surface area contributed by atoms with Gasteiger partial charge in [0.05, 0.1) is 39.9 Å². The third-order valence-electron chi connectivity index (χ3n) is 17.0. The molecule has 0 rings (SSSR count). The van der Waals surface area contributed by atoms with Gasteiger partial charge >= 0.3 is 0 Å². The maximum absolute atomic E-state index is 13.1. The highest BCUT2D eigenvalue weighted by Crippen LogP contribution is 2.38. The Balaban J connectivity index is 4.03. The van der Waals surface area contributed by atoms with Gasteiger partial charge in [-0.1, -0.05) is 358 Å². The van der Waals surface area contributed by atoms with Gasteiger partial charge in [0, 0.05) is 6.42 Å². The number of rotatable bonds is 69. The number of aliphatic hydroxyl groups excluding tert-OH is 1. The van der Waals surface area contributed by atoms with E-state index in [2.05, 4.69) is 55.6 Å². The van der Waals surface area contributed by atoms with Crippen LogP contribution in [0.2, 0.25) is 0 Å². The van der Waals surface area contributed by atoms with E-state index in [1.807, 2.05) is 27.2 Å². The number of hydrogen-bond donors (Lipinski definition) is 2. The molecule has 0 radical (unpaired) electrons. The molecule has 2 N–H and O–H groups in total. The fourth-order valence-electron chi connectivity index (χ4n) is 11.3. The van der Waals surface area contributed by atoms with Crippen molar-refractivity contribution in [3.63, 3.8) is 0 Å². The van der Waals surface area contributed by atoms with E-state index in [0.29, 0.717) is 17.4 Å². The van der Waals surface area contributed by atoms with E-state index < -0.39 is 20.0 Å². The molecule has 3 unspecified atom stereocenters. The summed E-state index contributed by atoms with van der Waals surface area (Å²) in [4.78, 5) is 25.7. The molecule has 0 aromatic heterocycles. The lowest BCUT2D eigenvalue weighted by Crippen LogP contribution is -2.45. The molecule has 0 aliphatic carbocycles. The molecular formula is C75H145N2O6P. The van der Waals surface area contributed by atoms with E-state index in [1.165, 1.54) is 302 Å². The zero-order chi connectivity index (χ0) is 61.2. The first-order valence-electron chi connectivity index (χ1n) is 37.0. The van der Waals surface area contributed by atoms with Crippen molar-refractivity contribution < 1.29 is 32.9 Å². The number of hydrogen-bond acceptors (Lipinski definition) is 6. The Morgan fingerprint density at radius 2 is 0.690 bits per heavy atom. The normalized spacial score (nSPS) is 13.8. The van der Waals surface area contributed by atoms with Crippen LogP contribution in [-0.2, 0) is 18.4 Å². The lowest BCUT2D eigenvalue weighted by molar-refractivity contribution is -0.870. The van der Waals surface area contributed by atoms with Crippen molar-refractivity contribution in [1.29, 1.82) is 0 Å². The van der Waals surface area contributed by atoms with Gasteiger partial charge in [-0.05, 0) is 57.8 Å². The fraction of sp³-hybridized carbons (Fsp3) is 0.880. The highest BCUT2D eigenvalue weighted by Gasteiger charge is 2.23. The molecule has 0 bridgehead atoms. The van der Waals surface area contributed by atoms with Gasteiger partial charge in [0.2, 0.25) is 5.91 Å². The average Bonchev–Trinajstić information content (AvgIpc) is 3.56. The Kier molecular flexibility index (Phi) is 64.7. The standard InChI is InChI=1S/C75H145N2O6P/c1-6-8-10-12-14-16-18-20-22-24-26-28-30-32-34-36-38-40-42-44-46-48-50-52-54-56-58-60-62-64-66-68-74(78)73(72-83-84(80,81)82-71-70-77(3,4)5)76-75(79)69-67-65-63-61-59-57-55-53-51-49-47-45-43-41-39-37-35-33-31-29-27-25-23-21-19-17-15-13-11-9-7-2/h19,21,25,27,31,33,66,68,73-74,78H,6-18,20,22-24,26,28-30,32,34-65,67,69-72H2,1-5H3,(H-,76,79,80,81)/b21-19-,27-25-,33-31-,68-66+. The Bertz CT molecular complexity index is 1510. The summed E-state index contributed by atoms with van der Waals surface area (Å²) in [5, 5.41) is 14.0. The zero-order valence-corrected chi connectivity index (χ0v) is 57.8. The molecule has 0 heterocycles. The van der Waals surface area contributed by atoms with Crippen molar-refractivity contribution in [1.82, 2.24) is 5.32 Å². The van der Waals surface area contributed by atoms with Crippen molar-refractivity contribution in [2.75, 3.05) is 40.9 Å². The van der Waals surface area contributed by atoms with Crippen molar-refractivity contribution in [3.05, 3.63) is 48.6 Å². The quantitative estimate of drug-likeness (QED) is 0.0272. The lowest BCUT2D eigenvalue weighted by Gasteiger charge is -2.29. The summed E-state index contributed by atoms with van der Waals surface area (Å²) < 4.78 is 23.5. The summed E-state index contributed by atoms with van der Waals surface area (Å²) in [6.45, 7) is 4.69. The number of likely N-dealkylation sites (N-methyl/N-ethyl adjacent to an activating group) is 1.